The van der Waals surface area contributed by atoms with Gasteiger partial charge < -0.3 is 5.32 Å². The van der Waals surface area contributed by atoms with Crippen molar-refractivity contribution >= 4 is 5.69 Å². The third-order valence-electron chi connectivity index (χ3n) is 2.64. The predicted octanol–water partition coefficient (Wildman–Crippen LogP) is 2.96. The molecule has 2 nitrogen and oxygen atoms in total. The van der Waals surface area contributed by atoms with Crippen molar-refractivity contribution < 1.29 is 0 Å². The third kappa shape index (κ3) is 3.92. The smallest absolute Gasteiger partial charge is 0.0340 e. The summed E-state index contributed by atoms with van der Waals surface area (Å²) in [7, 11) is 0. The highest BCUT2D eigenvalue weighted by Crippen LogP contribution is 2.10. The van der Waals surface area contributed by atoms with Crippen LogP contribution in [0.5, 0.6) is 0 Å². The summed E-state index contributed by atoms with van der Waals surface area (Å²) in [5.41, 5.74) is 2.60. The zero-order valence-corrected chi connectivity index (χ0v) is 10.1. The van der Waals surface area contributed by atoms with Gasteiger partial charge >= 0.3 is 0 Å². The van der Waals surface area contributed by atoms with Crippen LogP contribution in [0.4, 0.5) is 5.69 Å². The summed E-state index contributed by atoms with van der Waals surface area (Å²) < 4.78 is 0. The summed E-state index contributed by atoms with van der Waals surface area (Å²) in [5, 5.41) is 3.30. The molecule has 0 aliphatic heterocycles. The molecule has 0 aliphatic carbocycles. The fourth-order valence-electron chi connectivity index (χ4n) is 1.64. The van der Waals surface area contributed by atoms with E-state index < -0.39 is 0 Å². The van der Waals surface area contributed by atoms with Crippen LogP contribution in [0.1, 0.15) is 26.3 Å². The number of nitrogens with one attached hydrogen (secondary N) is 1. The second-order valence-electron chi connectivity index (χ2n) is 3.69. The van der Waals surface area contributed by atoms with Crippen molar-refractivity contribution in [3.63, 3.8) is 0 Å². The second-order valence-corrected chi connectivity index (χ2v) is 3.69. The van der Waals surface area contributed by atoms with Crippen molar-refractivity contribution in [1.29, 1.82) is 0 Å². The Balaban J connectivity index is 2.55. The maximum Gasteiger partial charge on any atom is 0.0340 e. The van der Waals surface area contributed by atoms with Gasteiger partial charge in [-0.2, -0.15) is 0 Å². The van der Waals surface area contributed by atoms with E-state index in [9.17, 15) is 0 Å². The van der Waals surface area contributed by atoms with Gasteiger partial charge in [0.1, 0.15) is 0 Å². The molecule has 1 rings (SSSR count). The SMILES string of the molecule is CCNc1ccc(CN(CC)CC)cc1. The Hall–Kier alpha value is -1.02. The number of hydrogen-bond acceptors (Lipinski definition) is 2. The van der Waals surface area contributed by atoms with Crippen molar-refractivity contribution in [2.75, 3.05) is 25.0 Å². The van der Waals surface area contributed by atoms with E-state index in [0.717, 1.165) is 26.2 Å². The average molecular weight is 206 g/mol. The lowest BCUT2D eigenvalue weighted by Crippen LogP contribution is -2.21. The molecule has 0 bridgehead atoms. The molecule has 1 N–H and O–H groups in total. The molecule has 15 heavy (non-hydrogen) atoms. The summed E-state index contributed by atoms with van der Waals surface area (Å²) in [5.74, 6) is 0. The minimum absolute atomic E-state index is 0.982. The third-order valence-corrected chi connectivity index (χ3v) is 2.64. The molecule has 0 heterocycles. The zero-order chi connectivity index (χ0) is 11.1. The van der Waals surface area contributed by atoms with E-state index >= 15 is 0 Å². The monoisotopic (exact) mass is 206 g/mol. The number of anilines is 1. The van der Waals surface area contributed by atoms with Crippen LogP contribution in [0.25, 0.3) is 0 Å². The van der Waals surface area contributed by atoms with Gasteiger partial charge in [0.05, 0.1) is 0 Å². The fraction of sp³-hybridized carbons (Fsp3) is 0.538. The minimum atomic E-state index is 0.982. The highest BCUT2D eigenvalue weighted by molar-refractivity contribution is 5.44. The van der Waals surface area contributed by atoms with E-state index in [4.69, 9.17) is 0 Å². The Labute approximate surface area is 93.3 Å². The maximum atomic E-state index is 3.30. The molecule has 0 spiro atoms. The minimum Gasteiger partial charge on any atom is -0.385 e. The molecule has 0 amide bonds. The van der Waals surface area contributed by atoms with Crippen LogP contribution >= 0.6 is 0 Å². The lowest BCUT2D eigenvalue weighted by Gasteiger charge is -2.18. The van der Waals surface area contributed by atoms with Crippen LogP contribution in [-0.4, -0.2) is 24.5 Å². The highest BCUT2D eigenvalue weighted by atomic mass is 15.1. The Morgan fingerprint density at radius 2 is 1.60 bits per heavy atom. The molecule has 1 aromatic rings. The average Bonchev–Trinajstić information content (AvgIpc) is 2.28. The second kappa shape index (κ2) is 6.46. The van der Waals surface area contributed by atoms with Crippen molar-refractivity contribution in [2.45, 2.75) is 27.3 Å². The first kappa shape index (κ1) is 12.1. The summed E-state index contributed by atoms with van der Waals surface area (Å²) in [6, 6.07) is 8.72. The first-order valence-electron chi connectivity index (χ1n) is 5.85. The topological polar surface area (TPSA) is 15.3 Å². The summed E-state index contributed by atoms with van der Waals surface area (Å²) in [6.07, 6.45) is 0. The van der Waals surface area contributed by atoms with Crippen molar-refractivity contribution in [3.8, 4) is 0 Å². The fourth-order valence-corrected chi connectivity index (χ4v) is 1.64. The number of benzene rings is 1. The van der Waals surface area contributed by atoms with Gasteiger partial charge in [0.15, 0.2) is 0 Å². The van der Waals surface area contributed by atoms with Crippen LogP contribution in [0.15, 0.2) is 24.3 Å². The van der Waals surface area contributed by atoms with E-state index in [2.05, 4.69) is 55.3 Å². The van der Waals surface area contributed by atoms with E-state index in [0.29, 0.717) is 0 Å². The summed E-state index contributed by atoms with van der Waals surface area (Å²) in [4.78, 5) is 2.42. The van der Waals surface area contributed by atoms with E-state index in [1.807, 2.05) is 0 Å². The largest absolute Gasteiger partial charge is 0.385 e. The molecule has 0 aliphatic rings. The van der Waals surface area contributed by atoms with Crippen LogP contribution < -0.4 is 5.32 Å². The molecular weight excluding hydrogens is 184 g/mol. The maximum absolute atomic E-state index is 3.30. The Bertz CT molecular complexity index is 262. The quantitative estimate of drug-likeness (QED) is 0.770. The van der Waals surface area contributed by atoms with Gasteiger partial charge in [-0.15, -0.1) is 0 Å². The Morgan fingerprint density at radius 3 is 2.07 bits per heavy atom. The molecule has 0 atom stereocenters. The van der Waals surface area contributed by atoms with Gasteiger partial charge in [0, 0.05) is 18.8 Å². The summed E-state index contributed by atoms with van der Waals surface area (Å²) >= 11 is 0. The number of nitrogens with zero attached hydrogens (tertiary/aromatic N) is 1. The lowest BCUT2D eigenvalue weighted by atomic mass is 10.2. The standard InChI is InChI=1S/C13H22N2/c1-4-14-13-9-7-12(8-10-13)11-15(5-2)6-3/h7-10,14H,4-6,11H2,1-3H3. The van der Waals surface area contributed by atoms with Gasteiger partial charge in [-0.3, -0.25) is 4.90 Å². The van der Waals surface area contributed by atoms with Crippen LogP contribution in [0.2, 0.25) is 0 Å². The number of hydrogen-bond donors (Lipinski definition) is 1. The zero-order valence-electron chi connectivity index (χ0n) is 10.1. The Kier molecular flexibility index (Phi) is 5.19. The summed E-state index contributed by atoms with van der Waals surface area (Å²) in [6.45, 7) is 10.8. The van der Waals surface area contributed by atoms with Crippen molar-refractivity contribution in [1.82, 2.24) is 4.90 Å². The van der Waals surface area contributed by atoms with Gasteiger partial charge in [-0.25, -0.2) is 0 Å². The molecule has 1 aromatic carbocycles. The molecular formula is C13H22N2. The van der Waals surface area contributed by atoms with Crippen molar-refractivity contribution in [3.05, 3.63) is 29.8 Å². The van der Waals surface area contributed by atoms with Gasteiger partial charge in [0.25, 0.3) is 0 Å². The first-order chi connectivity index (χ1) is 7.30. The van der Waals surface area contributed by atoms with Gasteiger partial charge in [-0.1, -0.05) is 26.0 Å². The highest BCUT2D eigenvalue weighted by Gasteiger charge is 2.00. The van der Waals surface area contributed by atoms with E-state index in [1.165, 1.54) is 11.3 Å². The van der Waals surface area contributed by atoms with Gasteiger partial charge in [0.2, 0.25) is 0 Å². The Morgan fingerprint density at radius 1 is 1.00 bits per heavy atom. The molecule has 84 valence electrons. The molecule has 0 radical (unpaired) electrons. The molecule has 0 saturated carbocycles. The van der Waals surface area contributed by atoms with Crippen LogP contribution in [0.3, 0.4) is 0 Å². The van der Waals surface area contributed by atoms with Crippen LogP contribution in [0, 0.1) is 0 Å². The van der Waals surface area contributed by atoms with E-state index in [1.54, 1.807) is 0 Å². The first-order valence-corrected chi connectivity index (χ1v) is 5.85. The molecule has 0 aromatic heterocycles. The molecule has 0 fully saturated rings. The van der Waals surface area contributed by atoms with Crippen LogP contribution in [-0.2, 0) is 6.54 Å². The predicted molar refractivity (Wildman–Crippen MR) is 67.2 cm³/mol. The molecule has 0 saturated heterocycles. The number of rotatable bonds is 6. The lowest BCUT2D eigenvalue weighted by molar-refractivity contribution is 0.296. The molecule has 2 heteroatoms. The molecule has 0 unspecified atom stereocenters. The van der Waals surface area contributed by atoms with Crippen molar-refractivity contribution in [2.24, 2.45) is 0 Å². The van der Waals surface area contributed by atoms with E-state index in [-0.39, 0.29) is 0 Å². The normalized spacial score (nSPS) is 10.7. The van der Waals surface area contributed by atoms with Gasteiger partial charge in [-0.05, 0) is 37.7 Å².